The van der Waals surface area contributed by atoms with E-state index < -0.39 is 5.69 Å². The Morgan fingerprint density at radius 3 is 2.32 bits per heavy atom. The fourth-order valence-electron chi connectivity index (χ4n) is 4.07. The zero-order valence-electron chi connectivity index (χ0n) is 19.1. The van der Waals surface area contributed by atoms with Gasteiger partial charge in [-0.1, -0.05) is 62.4 Å². The van der Waals surface area contributed by atoms with Crippen molar-refractivity contribution in [3.8, 4) is 11.5 Å². The third-order valence-electron chi connectivity index (χ3n) is 5.62. The molecule has 3 heterocycles. The minimum absolute atomic E-state index is 0.00554. The van der Waals surface area contributed by atoms with Crippen molar-refractivity contribution in [3.63, 3.8) is 0 Å². The predicted octanol–water partition coefficient (Wildman–Crippen LogP) is 3.77. The summed E-state index contributed by atoms with van der Waals surface area (Å²) >= 11 is 0. The van der Waals surface area contributed by atoms with E-state index in [1.54, 1.807) is 10.9 Å². The molecule has 0 aliphatic heterocycles. The Hall–Kier alpha value is -4.20. The number of hydrogen-bond acceptors (Lipinski definition) is 5. The predicted molar refractivity (Wildman–Crippen MR) is 130 cm³/mol. The van der Waals surface area contributed by atoms with Gasteiger partial charge >= 0.3 is 5.69 Å². The largest absolute Gasteiger partial charge is 0.444 e. The molecular formula is C26H25N5O3. The molecule has 3 aromatic heterocycles. The third-order valence-corrected chi connectivity index (χ3v) is 5.62. The van der Waals surface area contributed by atoms with E-state index in [9.17, 15) is 9.59 Å². The zero-order valence-corrected chi connectivity index (χ0v) is 19.1. The first kappa shape index (κ1) is 21.6. The highest BCUT2D eigenvalue weighted by molar-refractivity contribution is 5.70. The number of aromatic nitrogens is 5. The Kier molecular flexibility index (Phi) is 5.71. The van der Waals surface area contributed by atoms with Gasteiger partial charge in [-0.15, -0.1) is 0 Å². The maximum Gasteiger partial charge on any atom is 0.333 e. The van der Waals surface area contributed by atoms with Gasteiger partial charge in [0.05, 0.1) is 25.1 Å². The molecule has 0 unspecified atom stereocenters. The second kappa shape index (κ2) is 8.97. The van der Waals surface area contributed by atoms with Crippen LogP contribution in [0.1, 0.15) is 25.1 Å². The van der Waals surface area contributed by atoms with Crippen molar-refractivity contribution in [1.82, 2.24) is 23.7 Å². The van der Waals surface area contributed by atoms with Gasteiger partial charge in [-0.05, 0) is 23.6 Å². The topological polar surface area (TPSA) is 87.8 Å². The fraction of sp³-hybridized carbons (Fsp3) is 0.231. The summed E-state index contributed by atoms with van der Waals surface area (Å²) in [7, 11) is 0. The highest BCUT2D eigenvalue weighted by atomic mass is 16.3. The summed E-state index contributed by atoms with van der Waals surface area (Å²) in [4.78, 5) is 36.0. The lowest BCUT2D eigenvalue weighted by atomic mass is 10.2. The van der Waals surface area contributed by atoms with Gasteiger partial charge in [-0.3, -0.25) is 13.9 Å². The molecule has 2 aromatic carbocycles. The van der Waals surface area contributed by atoms with Gasteiger partial charge in [-0.2, -0.15) is 0 Å². The highest BCUT2D eigenvalue weighted by Gasteiger charge is 2.20. The molecule has 0 aliphatic carbocycles. The maximum atomic E-state index is 13.5. The second-order valence-corrected chi connectivity index (χ2v) is 8.72. The molecule has 0 radical (unpaired) electrons. The summed E-state index contributed by atoms with van der Waals surface area (Å²) in [6, 6.07) is 19.2. The van der Waals surface area contributed by atoms with E-state index in [-0.39, 0.29) is 12.1 Å². The molecule has 0 atom stereocenters. The van der Waals surface area contributed by atoms with Gasteiger partial charge in [0.25, 0.3) is 5.56 Å². The minimum Gasteiger partial charge on any atom is -0.444 e. The van der Waals surface area contributed by atoms with Crippen molar-refractivity contribution in [1.29, 1.82) is 0 Å². The Morgan fingerprint density at radius 2 is 1.62 bits per heavy atom. The summed E-state index contributed by atoms with van der Waals surface area (Å²) in [6.07, 6.45) is 3.13. The van der Waals surface area contributed by atoms with Crippen LogP contribution in [0.25, 0.3) is 22.6 Å². The minimum atomic E-state index is -0.430. The lowest BCUT2D eigenvalue weighted by Crippen LogP contribution is -2.41. The molecule has 0 bridgehead atoms. The van der Waals surface area contributed by atoms with Gasteiger partial charge in [0.15, 0.2) is 11.2 Å². The van der Waals surface area contributed by atoms with Crippen LogP contribution in [0, 0.1) is 5.92 Å². The first-order chi connectivity index (χ1) is 16.5. The molecule has 34 heavy (non-hydrogen) atoms. The highest BCUT2D eigenvalue weighted by Crippen LogP contribution is 2.18. The van der Waals surface area contributed by atoms with Gasteiger partial charge in [0.2, 0.25) is 5.89 Å². The molecule has 172 valence electrons. The Labute approximate surface area is 195 Å². The molecule has 5 rings (SSSR count). The number of rotatable bonds is 7. The monoisotopic (exact) mass is 455 g/mol. The molecule has 0 fully saturated rings. The fourth-order valence-corrected chi connectivity index (χ4v) is 4.07. The Balaban J connectivity index is 1.63. The molecular weight excluding hydrogens is 430 g/mol. The molecule has 0 N–H and O–H groups in total. The summed E-state index contributed by atoms with van der Waals surface area (Å²) in [5.74, 6) is 0.753. The zero-order chi connectivity index (χ0) is 23.7. The van der Waals surface area contributed by atoms with Gasteiger partial charge in [0.1, 0.15) is 6.26 Å². The van der Waals surface area contributed by atoms with Crippen molar-refractivity contribution >= 4 is 11.2 Å². The standard InChI is InChI=1S/C26H25N5O3/c1-18(2)13-29-17-27-23-22(29)25(32)31(26(33)30(23)14-19-9-5-3-6-10-19)15-21-16-34-24(28-21)20-11-7-4-8-12-20/h3-12,16-18H,13-15H2,1-2H3. The van der Waals surface area contributed by atoms with E-state index in [4.69, 9.17) is 4.42 Å². The van der Waals surface area contributed by atoms with Gasteiger partial charge in [-0.25, -0.2) is 14.8 Å². The van der Waals surface area contributed by atoms with Crippen LogP contribution in [0.2, 0.25) is 0 Å². The van der Waals surface area contributed by atoms with E-state index in [1.807, 2.05) is 65.2 Å². The molecule has 0 saturated carbocycles. The van der Waals surface area contributed by atoms with Crippen LogP contribution in [-0.4, -0.2) is 23.7 Å². The van der Waals surface area contributed by atoms with Crippen molar-refractivity contribution in [2.45, 2.75) is 33.5 Å². The van der Waals surface area contributed by atoms with E-state index in [0.29, 0.717) is 41.8 Å². The van der Waals surface area contributed by atoms with Crippen LogP contribution in [-0.2, 0) is 19.6 Å². The maximum absolute atomic E-state index is 13.5. The van der Waals surface area contributed by atoms with Crippen LogP contribution in [0.5, 0.6) is 0 Å². The average Bonchev–Trinajstić information content (AvgIpc) is 3.48. The van der Waals surface area contributed by atoms with E-state index in [1.165, 1.54) is 10.8 Å². The van der Waals surface area contributed by atoms with Crippen molar-refractivity contribution < 1.29 is 4.42 Å². The number of nitrogens with zero attached hydrogens (tertiary/aromatic N) is 5. The smallest absolute Gasteiger partial charge is 0.333 e. The van der Waals surface area contributed by atoms with Crippen LogP contribution >= 0.6 is 0 Å². The number of oxazole rings is 1. The normalized spacial score (nSPS) is 11.5. The molecule has 0 aliphatic rings. The molecule has 0 spiro atoms. The summed E-state index contributed by atoms with van der Waals surface area (Å²) in [5.41, 5.74) is 2.26. The number of imidazole rings is 1. The molecule has 8 nitrogen and oxygen atoms in total. The Bertz CT molecular complexity index is 1540. The van der Waals surface area contributed by atoms with E-state index in [0.717, 1.165) is 11.1 Å². The summed E-state index contributed by atoms with van der Waals surface area (Å²) < 4.78 is 10.2. The van der Waals surface area contributed by atoms with E-state index >= 15 is 0 Å². The van der Waals surface area contributed by atoms with Crippen molar-refractivity contribution in [3.05, 3.63) is 105 Å². The Morgan fingerprint density at radius 1 is 0.912 bits per heavy atom. The van der Waals surface area contributed by atoms with E-state index in [2.05, 4.69) is 23.8 Å². The second-order valence-electron chi connectivity index (χ2n) is 8.72. The van der Waals surface area contributed by atoms with Gasteiger partial charge < -0.3 is 8.98 Å². The lowest BCUT2D eigenvalue weighted by molar-refractivity contribution is 0.529. The van der Waals surface area contributed by atoms with Crippen LogP contribution in [0.15, 0.2) is 87.3 Å². The molecule has 0 saturated heterocycles. The van der Waals surface area contributed by atoms with Crippen LogP contribution < -0.4 is 11.2 Å². The van der Waals surface area contributed by atoms with Crippen LogP contribution in [0.3, 0.4) is 0 Å². The molecule has 5 aromatic rings. The number of benzene rings is 2. The SMILES string of the molecule is CC(C)Cn1cnc2c1c(=O)n(Cc1coc(-c3ccccc3)n1)c(=O)n2Cc1ccccc1. The number of fused-ring (bicyclic) bond motifs is 1. The first-order valence-corrected chi connectivity index (χ1v) is 11.2. The summed E-state index contributed by atoms with van der Waals surface area (Å²) in [6.45, 7) is 5.09. The number of hydrogen-bond donors (Lipinski definition) is 0. The molecule has 0 amide bonds. The first-order valence-electron chi connectivity index (χ1n) is 11.2. The van der Waals surface area contributed by atoms with Crippen molar-refractivity contribution in [2.24, 2.45) is 5.92 Å². The van der Waals surface area contributed by atoms with Crippen molar-refractivity contribution in [2.75, 3.05) is 0 Å². The average molecular weight is 456 g/mol. The third kappa shape index (κ3) is 4.10. The molecule has 8 heteroatoms. The van der Waals surface area contributed by atoms with Gasteiger partial charge in [0, 0.05) is 12.1 Å². The summed E-state index contributed by atoms with van der Waals surface area (Å²) in [5, 5.41) is 0. The quantitative estimate of drug-likeness (QED) is 0.373. The lowest BCUT2D eigenvalue weighted by Gasteiger charge is -2.13. The van der Waals surface area contributed by atoms with Crippen LogP contribution in [0.4, 0.5) is 0 Å².